The number of unbranched alkanes of at least 4 members (excludes halogenated alkanes) is 1. The second-order valence-electron chi connectivity index (χ2n) is 8.70. The molecule has 7 nitrogen and oxygen atoms in total. The smallest absolute Gasteiger partial charge is 0.267 e. The second-order valence-corrected chi connectivity index (χ2v) is 8.70. The molecule has 3 rings (SSSR count). The molecule has 0 unspecified atom stereocenters. The number of likely N-dealkylation sites (N-methyl/N-ethyl adjacent to an activating group) is 1. The lowest BCUT2D eigenvalue weighted by Gasteiger charge is -2.32. The third-order valence-corrected chi connectivity index (χ3v) is 6.25. The molecule has 1 aliphatic rings. The zero-order valence-corrected chi connectivity index (χ0v) is 20.0. The van der Waals surface area contributed by atoms with Crippen LogP contribution in [-0.4, -0.2) is 61.5 Å². The molecule has 0 saturated carbocycles. The lowest BCUT2D eigenvalue weighted by molar-refractivity contribution is 0.0685. The molecule has 2 amide bonds. The Bertz CT molecular complexity index is 887. The molecule has 2 heterocycles. The molecule has 0 aliphatic carbocycles. The number of benzene rings is 1. The van der Waals surface area contributed by atoms with Gasteiger partial charge in [0, 0.05) is 37.4 Å². The largest absolute Gasteiger partial charge is 0.494 e. The first kappa shape index (κ1) is 24.8. The fourth-order valence-electron chi connectivity index (χ4n) is 4.33. The van der Waals surface area contributed by atoms with Gasteiger partial charge in [0.15, 0.2) is 0 Å². The Hall–Kier alpha value is -2.80. The average Bonchev–Trinajstić information content (AvgIpc) is 3.32. The van der Waals surface area contributed by atoms with Gasteiger partial charge in [0.05, 0.1) is 6.61 Å². The molecule has 3 N–H and O–H groups in total. The van der Waals surface area contributed by atoms with E-state index >= 15 is 0 Å². The minimum absolute atomic E-state index is 0.0362. The molecule has 1 saturated heterocycles. The lowest BCUT2D eigenvalue weighted by Crippen LogP contribution is -2.38. The second kappa shape index (κ2) is 13.0. The highest BCUT2D eigenvalue weighted by Crippen LogP contribution is 2.24. The van der Waals surface area contributed by atoms with Crippen LogP contribution in [0.3, 0.4) is 0 Å². The highest BCUT2D eigenvalue weighted by Gasteiger charge is 2.23. The van der Waals surface area contributed by atoms with E-state index in [1.807, 2.05) is 55.3 Å². The van der Waals surface area contributed by atoms with Crippen LogP contribution in [0.2, 0.25) is 0 Å². The summed E-state index contributed by atoms with van der Waals surface area (Å²) in [6, 6.07) is 11.3. The van der Waals surface area contributed by atoms with Gasteiger partial charge >= 0.3 is 0 Å². The quantitative estimate of drug-likeness (QED) is 0.428. The SMILES string of the molecule is CCOc1cccc(C(=O)N2CCC(CCCCNC(=O)c3ccc(CCNC)[nH]3)CC2)c1. The summed E-state index contributed by atoms with van der Waals surface area (Å²) in [6.07, 6.45) is 6.18. The van der Waals surface area contributed by atoms with Crippen molar-refractivity contribution in [3.8, 4) is 5.75 Å². The van der Waals surface area contributed by atoms with E-state index in [1.165, 1.54) is 0 Å². The van der Waals surface area contributed by atoms with Crippen molar-refractivity contribution in [2.75, 3.05) is 39.8 Å². The summed E-state index contributed by atoms with van der Waals surface area (Å²) < 4.78 is 5.52. The van der Waals surface area contributed by atoms with Crippen molar-refractivity contribution in [1.82, 2.24) is 20.5 Å². The molecule has 1 fully saturated rings. The van der Waals surface area contributed by atoms with Crippen LogP contribution in [0.1, 0.15) is 65.6 Å². The van der Waals surface area contributed by atoms with Gasteiger partial charge in [-0.15, -0.1) is 0 Å². The van der Waals surface area contributed by atoms with Crippen LogP contribution < -0.4 is 15.4 Å². The van der Waals surface area contributed by atoms with E-state index in [1.54, 1.807) is 0 Å². The van der Waals surface area contributed by atoms with Crippen LogP contribution in [0.25, 0.3) is 0 Å². The third-order valence-electron chi connectivity index (χ3n) is 6.25. The number of rotatable bonds is 12. The summed E-state index contributed by atoms with van der Waals surface area (Å²) in [7, 11) is 1.92. The van der Waals surface area contributed by atoms with Crippen molar-refractivity contribution in [3.63, 3.8) is 0 Å². The Balaban J connectivity index is 1.31. The topological polar surface area (TPSA) is 86.5 Å². The predicted molar refractivity (Wildman–Crippen MR) is 131 cm³/mol. The number of carbonyl (C=O) groups excluding carboxylic acids is 2. The number of H-pyrrole nitrogens is 1. The highest BCUT2D eigenvalue weighted by atomic mass is 16.5. The number of likely N-dealkylation sites (tertiary alicyclic amines) is 1. The molecule has 1 aliphatic heterocycles. The first-order chi connectivity index (χ1) is 16.1. The van der Waals surface area contributed by atoms with Crippen molar-refractivity contribution in [3.05, 3.63) is 53.3 Å². The number of aromatic amines is 1. The fourth-order valence-corrected chi connectivity index (χ4v) is 4.33. The van der Waals surface area contributed by atoms with Crippen LogP contribution in [-0.2, 0) is 6.42 Å². The molecule has 1 aromatic carbocycles. The zero-order valence-electron chi connectivity index (χ0n) is 20.0. The van der Waals surface area contributed by atoms with Crippen molar-refractivity contribution < 1.29 is 14.3 Å². The Kier molecular flexibility index (Phi) is 9.81. The fraction of sp³-hybridized carbons (Fsp3) is 0.538. The van der Waals surface area contributed by atoms with E-state index in [9.17, 15) is 9.59 Å². The normalized spacial score (nSPS) is 14.3. The number of hydrogen-bond donors (Lipinski definition) is 3. The van der Waals surface area contributed by atoms with Crippen molar-refractivity contribution >= 4 is 11.8 Å². The zero-order chi connectivity index (χ0) is 23.5. The van der Waals surface area contributed by atoms with Gasteiger partial charge in [-0.1, -0.05) is 18.9 Å². The molecule has 2 aromatic rings. The van der Waals surface area contributed by atoms with Crippen LogP contribution in [0.4, 0.5) is 0 Å². The average molecular weight is 455 g/mol. The Labute approximate surface area is 197 Å². The number of ether oxygens (including phenoxy) is 1. The van der Waals surface area contributed by atoms with Gasteiger partial charge in [-0.2, -0.15) is 0 Å². The van der Waals surface area contributed by atoms with Gasteiger partial charge in [-0.25, -0.2) is 0 Å². The van der Waals surface area contributed by atoms with E-state index in [4.69, 9.17) is 4.74 Å². The van der Waals surface area contributed by atoms with Crippen LogP contribution >= 0.6 is 0 Å². The van der Waals surface area contributed by atoms with E-state index in [0.717, 1.165) is 69.6 Å². The maximum atomic E-state index is 12.8. The molecule has 0 spiro atoms. The number of hydrogen-bond acceptors (Lipinski definition) is 4. The van der Waals surface area contributed by atoms with Gasteiger partial charge in [-0.3, -0.25) is 9.59 Å². The number of aromatic nitrogens is 1. The Morgan fingerprint density at radius 2 is 1.94 bits per heavy atom. The standard InChI is InChI=1S/C26H38N4O3/c1-3-33-23-9-6-8-21(19-23)26(32)30-17-13-20(14-18-30)7-4-5-15-28-25(31)24-11-10-22(29-24)12-16-27-2/h6,8-11,19-20,27,29H,3-5,7,12-18H2,1-2H3,(H,28,31). The summed E-state index contributed by atoms with van der Waals surface area (Å²) in [6.45, 7) is 5.73. The van der Waals surface area contributed by atoms with Gasteiger partial charge in [-0.05, 0) is 75.9 Å². The number of nitrogens with one attached hydrogen (secondary N) is 3. The summed E-state index contributed by atoms with van der Waals surface area (Å²) in [5.74, 6) is 1.45. The number of piperidine rings is 1. The number of nitrogens with zero attached hydrogens (tertiary/aromatic N) is 1. The van der Waals surface area contributed by atoms with Crippen molar-refractivity contribution in [2.45, 2.75) is 45.4 Å². The van der Waals surface area contributed by atoms with Gasteiger partial charge < -0.3 is 25.3 Å². The lowest BCUT2D eigenvalue weighted by atomic mass is 9.91. The van der Waals surface area contributed by atoms with Crippen molar-refractivity contribution in [2.24, 2.45) is 5.92 Å². The van der Waals surface area contributed by atoms with E-state index < -0.39 is 0 Å². The molecule has 0 atom stereocenters. The number of carbonyl (C=O) groups is 2. The van der Waals surface area contributed by atoms with E-state index in [0.29, 0.717) is 30.3 Å². The Morgan fingerprint density at radius 1 is 1.12 bits per heavy atom. The molecule has 180 valence electrons. The van der Waals surface area contributed by atoms with Crippen LogP contribution in [0.15, 0.2) is 36.4 Å². The minimum Gasteiger partial charge on any atom is -0.494 e. The highest BCUT2D eigenvalue weighted by molar-refractivity contribution is 5.94. The van der Waals surface area contributed by atoms with Crippen LogP contribution in [0, 0.1) is 5.92 Å². The predicted octanol–water partition coefficient (Wildman–Crippen LogP) is 3.63. The maximum absolute atomic E-state index is 12.8. The van der Waals surface area contributed by atoms with Gasteiger partial charge in [0.25, 0.3) is 11.8 Å². The Morgan fingerprint density at radius 3 is 2.70 bits per heavy atom. The maximum Gasteiger partial charge on any atom is 0.267 e. The molecular formula is C26H38N4O3. The van der Waals surface area contributed by atoms with Gasteiger partial charge in [0.2, 0.25) is 0 Å². The van der Waals surface area contributed by atoms with Gasteiger partial charge in [0.1, 0.15) is 11.4 Å². The molecule has 0 radical (unpaired) electrons. The van der Waals surface area contributed by atoms with Crippen LogP contribution in [0.5, 0.6) is 5.75 Å². The number of amides is 2. The summed E-state index contributed by atoms with van der Waals surface area (Å²) in [5.41, 5.74) is 2.40. The van der Waals surface area contributed by atoms with E-state index in [-0.39, 0.29) is 11.8 Å². The summed E-state index contributed by atoms with van der Waals surface area (Å²) in [5, 5.41) is 6.12. The third kappa shape index (κ3) is 7.63. The summed E-state index contributed by atoms with van der Waals surface area (Å²) in [4.78, 5) is 30.2. The van der Waals surface area contributed by atoms with E-state index in [2.05, 4.69) is 15.6 Å². The minimum atomic E-state index is -0.0362. The summed E-state index contributed by atoms with van der Waals surface area (Å²) >= 11 is 0. The first-order valence-electron chi connectivity index (χ1n) is 12.2. The first-order valence-corrected chi connectivity index (χ1v) is 12.2. The van der Waals surface area contributed by atoms with Crippen molar-refractivity contribution in [1.29, 1.82) is 0 Å². The molecule has 1 aromatic heterocycles. The molecular weight excluding hydrogens is 416 g/mol. The molecule has 0 bridgehead atoms. The molecule has 7 heteroatoms. The monoisotopic (exact) mass is 454 g/mol. The molecule has 33 heavy (non-hydrogen) atoms.